The Hall–Kier alpha value is -4.95. The molecule has 1 aliphatic heterocycles. The van der Waals surface area contributed by atoms with Crippen LogP contribution >= 0.6 is 0 Å². The van der Waals surface area contributed by atoms with Gasteiger partial charge in [0, 0.05) is 58.7 Å². The Kier molecular flexibility index (Phi) is 8.43. The number of rotatable bonds is 8. The van der Waals surface area contributed by atoms with Crippen LogP contribution in [0.15, 0.2) is 85.4 Å². The molecule has 8 nitrogen and oxygen atoms in total. The summed E-state index contributed by atoms with van der Waals surface area (Å²) in [6.45, 7) is 5.48. The lowest BCUT2D eigenvalue weighted by Crippen LogP contribution is -2.35. The number of benzene rings is 3. The number of ketones is 1. The van der Waals surface area contributed by atoms with Gasteiger partial charge in [-0.3, -0.25) is 14.4 Å². The third-order valence-electron chi connectivity index (χ3n) is 8.53. The van der Waals surface area contributed by atoms with E-state index in [1.165, 1.54) is 5.56 Å². The second-order valence-corrected chi connectivity index (χ2v) is 11.4. The number of aliphatic hydroxyl groups is 1. The molecule has 2 heterocycles. The van der Waals surface area contributed by atoms with Crippen molar-refractivity contribution in [2.24, 2.45) is 0 Å². The van der Waals surface area contributed by atoms with Gasteiger partial charge in [-0.2, -0.15) is 0 Å². The topological polar surface area (TPSA) is 104 Å². The summed E-state index contributed by atoms with van der Waals surface area (Å²) in [4.78, 5) is 41.2. The first-order valence-corrected chi connectivity index (χ1v) is 15.2. The van der Waals surface area contributed by atoms with Crippen molar-refractivity contribution in [2.45, 2.75) is 44.6 Å². The van der Waals surface area contributed by atoms with E-state index in [1.54, 1.807) is 66.9 Å². The normalized spacial score (nSPS) is 14.9. The molecule has 0 radical (unpaired) electrons. The number of amides is 2. The van der Waals surface area contributed by atoms with Crippen LogP contribution in [-0.2, 0) is 12.8 Å². The van der Waals surface area contributed by atoms with Crippen molar-refractivity contribution < 1.29 is 19.5 Å². The Balaban J connectivity index is 1.05. The molecule has 44 heavy (non-hydrogen) atoms. The van der Waals surface area contributed by atoms with Gasteiger partial charge >= 0.3 is 0 Å². The van der Waals surface area contributed by atoms with Gasteiger partial charge in [0.2, 0.25) is 0 Å². The standard InChI is InChI=1S/C36H36N4O4/c1-2-40-32-6-4-3-5-27(32)23-33(40)36(44)38-29-15-9-25(10-16-29)34(42)24-7-13-28(14-8-24)37-35(43)26-11-17-30(18-12-26)39-21-19-31(41)20-22-39/h2,7-18,23,31,41H,1,3-6,19-22H2,(H,37,43)(H,38,44). The van der Waals surface area contributed by atoms with Crippen molar-refractivity contribution in [3.05, 3.63) is 119 Å². The summed E-state index contributed by atoms with van der Waals surface area (Å²) in [5, 5.41) is 15.6. The van der Waals surface area contributed by atoms with Crippen molar-refractivity contribution in [2.75, 3.05) is 28.6 Å². The first kappa shape index (κ1) is 29.1. The van der Waals surface area contributed by atoms with E-state index in [9.17, 15) is 19.5 Å². The summed E-state index contributed by atoms with van der Waals surface area (Å²) in [7, 11) is 0. The van der Waals surface area contributed by atoms with Crippen molar-refractivity contribution in [1.82, 2.24) is 4.57 Å². The van der Waals surface area contributed by atoms with E-state index in [-0.39, 0.29) is 23.7 Å². The third-order valence-corrected chi connectivity index (χ3v) is 8.53. The number of hydrogen-bond donors (Lipinski definition) is 3. The first-order valence-electron chi connectivity index (χ1n) is 15.2. The number of aliphatic hydroxyl groups excluding tert-OH is 1. The van der Waals surface area contributed by atoms with Gasteiger partial charge in [-0.25, -0.2) is 0 Å². The molecule has 1 fully saturated rings. The molecule has 6 rings (SSSR count). The highest BCUT2D eigenvalue weighted by Crippen LogP contribution is 2.26. The van der Waals surface area contributed by atoms with Crippen LogP contribution in [0.1, 0.15) is 73.7 Å². The second kappa shape index (κ2) is 12.7. The summed E-state index contributed by atoms with van der Waals surface area (Å²) in [5.41, 5.74) is 6.67. The number of nitrogens with one attached hydrogen (secondary N) is 2. The Morgan fingerprint density at radius 2 is 1.30 bits per heavy atom. The summed E-state index contributed by atoms with van der Waals surface area (Å²) < 4.78 is 1.88. The molecular formula is C36H36N4O4. The molecule has 224 valence electrons. The van der Waals surface area contributed by atoms with Gasteiger partial charge in [0.05, 0.1) is 6.10 Å². The van der Waals surface area contributed by atoms with E-state index < -0.39 is 0 Å². The van der Waals surface area contributed by atoms with E-state index in [0.29, 0.717) is 33.8 Å². The third kappa shape index (κ3) is 6.21. The molecule has 0 spiro atoms. The molecule has 0 bridgehead atoms. The lowest BCUT2D eigenvalue weighted by atomic mass is 9.98. The number of hydrogen-bond acceptors (Lipinski definition) is 5. The molecule has 0 unspecified atom stereocenters. The minimum atomic E-state index is -0.233. The zero-order valence-electron chi connectivity index (χ0n) is 24.6. The number of nitrogens with zero attached hydrogens (tertiary/aromatic N) is 2. The average molecular weight is 589 g/mol. The summed E-state index contributed by atoms with van der Waals surface area (Å²) in [6.07, 6.45) is 7.11. The zero-order valence-corrected chi connectivity index (χ0v) is 24.6. The van der Waals surface area contributed by atoms with Crippen LogP contribution in [0.3, 0.4) is 0 Å². The molecule has 4 aromatic rings. The largest absolute Gasteiger partial charge is 0.393 e. The van der Waals surface area contributed by atoms with Crippen LogP contribution in [-0.4, -0.2) is 46.5 Å². The van der Waals surface area contributed by atoms with Gasteiger partial charge in [0.15, 0.2) is 5.78 Å². The van der Waals surface area contributed by atoms with Gasteiger partial charge in [-0.15, -0.1) is 0 Å². The molecule has 0 saturated carbocycles. The minimum absolute atomic E-state index is 0.158. The molecule has 8 heteroatoms. The van der Waals surface area contributed by atoms with Gasteiger partial charge in [-0.05, 0) is 123 Å². The minimum Gasteiger partial charge on any atom is -0.393 e. The first-order chi connectivity index (χ1) is 21.4. The fourth-order valence-electron chi connectivity index (χ4n) is 6.03. The molecule has 1 saturated heterocycles. The van der Waals surface area contributed by atoms with Gasteiger partial charge in [-0.1, -0.05) is 6.58 Å². The number of fused-ring (bicyclic) bond motifs is 1. The molecule has 1 aliphatic carbocycles. The summed E-state index contributed by atoms with van der Waals surface area (Å²) in [5.74, 6) is -0.604. The average Bonchev–Trinajstić information content (AvgIpc) is 3.45. The Labute approximate surface area is 257 Å². The van der Waals surface area contributed by atoms with Crippen LogP contribution in [0.5, 0.6) is 0 Å². The molecule has 3 N–H and O–H groups in total. The maximum atomic E-state index is 13.1. The molecule has 2 aliphatic rings. The lowest BCUT2D eigenvalue weighted by molar-refractivity contribution is 0.101. The number of aromatic nitrogens is 1. The Bertz CT molecular complexity index is 1680. The highest BCUT2D eigenvalue weighted by atomic mass is 16.3. The van der Waals surface area contributed by atoms with E-state index in [1.807, 2.05) is 22.8 Å². The second-order valence-electron chi connectivity index (χ2n) is 11.4. The van der Waals surface area contributed by atoms with E-state index in [0.717, 1.165) is 63.0 Å². The van der Waals surface area contributed by atoms with Gasteiger partial charge < -0.3 is 25.2 Å². The molecular weight excluding hydrogens is 552 g/mol. The monoisotopic (exact) mass is 588 g/mol. The smallest absolute Gasteiger partial charge is 0.272 e. The van der Waals surface area contributed by atoms with Crippen LogP contribution in [0.2, 0.25) is 0 Å². The maximum Gasteiger partial charge on any atom is 0.272 e. The lowest BCUT2D eigenvalue weighted by Gasteiger charge is -2.31. The van der Waals surface area contributed by atoms with Crippen LogP contribution in [0, 0.1) is 0 Å². The van der Waals surface area contributed by atoms with Crippen molar-refractivity contribution >= 4 is 40.9 Å². The fourth-order valence-corrected chi connectivity index (χ4v) is 6.03. The SMILES string of the molecule is C=Cn1c(C(=O)Nc2ccc(C(=O)c3ccc(NC(=O)c4ccc(N5CCC(O)CC5)cc4)cc3)cc2)cc2c1CCCC2. The highest BCUT2D eigenvalue weighted by molar-refractivity contribution is 6.10. The molecule has 3 aromatic carbocycles. The Morgan fingerprint density at radius 1 is 0.750 bits per heavy atom. The van der Waals surface area contributed by atoms with Crippen LogP contribution in [0.25, 0.3) is 6.20 Å². The van der Waals surface area contributed by atoms with Crippen molar-refractivity contribution in [3.8, 4) is 0 Å². The van der Waals surface area contributed by atoms with Crippen LogP contribution in [0.4, 0.5) is 17.1 Å². The number of carbonyl (C=O) groups is 3. The van der Waals surface area contributed by atoms with E-state index >= 15 is 0 Å². The summed E-state index contributed by atoms with van der Waals surface area (Å²) >= 11 is 0. The molecule has 0 atom stereocenters. The van der Waals surface area contributed by atoms with Crippen molar-refractivity contribution in [3.63, 3.8) is 0 Å². The fraction of sp³-hybridized carbons (Fsp3) is 0.250. The quantitative estimate of drug-likeness (QED) is 0.214. The van der Waals surface area contributed by atoms with Gasteiger partial charge in [0.1, 0.15) is 5.69 Å². The van der Waals surface area contributed by atoms with Crippen LogP contribution < -0.4 is 15.5 Å². The predicted molar refractivity (Wildman–Crippen MR) is 174 cm³/mol. The predicted octanol–water partition coefficient (Wildman–Crippen LogP) is 6.16. The van der Waals surface area contributed by atoms with E-state index in [4.69, 9.17) is 0 Å². The number of aryl methyl sites for hydroxylation is 1. The van der Waals surface area contributed by atoms with Crippen molar-refractivity contribution in [1.29, 1.82) is 0 Å². The Morgan fingerprint density at radius 3 is 1.89 bits per heavy atom. The molecule has 2 amide bonds. The van der Waals surface area contributed by atoms with Gasteiger partial charge in [0.25, 0.3) is 11.8 Å². The number of carbonyl (C=O) groups excluding carboxylic acids is 3. The molecule has 1 aromatic heterocycles. The number of piperidine rings is 1. The number of anilines is 3. The van der Waals surface area contributed by atoms with E-state index in [2.05, 4.69) is 22.1 Å². The highest BCUT2D eigenvalue weighted by Gasteiger charge is 2.21. The zero-order chi connectivity index (χ0) is 30.6. The maximum absolute atomic E-state index is 13.1. The summed E-state index contributed by atoms with van der Waals surface area (Å²) in [6, 6.07) is 23.0.